The SMILES string of the molecule is Fc1ccccc1CN1CCCN(Cc2cc(-c3ccccc3)no2)CC1. The van der Waals surface area contributed by atoms with E-state index in [0.717, 1.165) is 61.7 Å². The van der Waals surface area contributed by atoms with Crippen LogP contribution in [0.2, 0.25) is 0 Å². The third-order valence-corrected chi connectivity index (χ3v) is 5.04. The largest absolute Gasteiger partial charge is 0.359 e. The topological polar surface area (TPSA) is 32.5 Å². The van der Waals surface area contributed by atoms with Crippen LogP contribution in [0.1, 0.15) is 17.7 Å². The Bertz CT molecular complexity index is 865. The lowest BCUT2D eigenvalue weighted by Crippen LogP contribution is -2.30. The van der Waals surface area contributed by atoms with Crippen LogP contribution in [-0.2, 0) is 13.1 Å². The number of hydrogen-bond acceptors (Lipinski definition) is 4. The molecule has 1 aliphatic heterocycles. The molecule has 4 nitrogen and oxygen atoms in total. The van der Waals surface area contributed by atoms with Crippen LogP contribution in [0.5, 0.6) is 0 Å². The van der Waals surface area contributed by atoms with Gasteiger partial charge in [-0.05, 0) is 25.6 Å². The first-order valence-corrected chi connectivity index (χ1v) is 9.47. The Kier molecular flexibility index (Phi) is 5.61. The van der Waals surface area contributed by atoms with E-state index in [-0.39, 0.29) is 5.82 Å². The van der Waals surface area contributed by atoms with Crippen molar-refractivity contribution in [3.05, 3.63) is 77.8 Å². The van der Waals surface area contributed by atoms with E-state index in [2.05, 4.69) is 15.0 Å². The minimum atomic E-state index is -0.117. The molecule has 3 aromatic rings. The highest BCUT2D eigenvalue weighted by molar-refractivity contribution is 5.58. The molecule has 0 saturated carbocycles. The quantitative estimate of drug-likeness (QED) is 0.679. The molecule has 1 fully saturated rings. The highest BCUT2D eigenvalue weighted by Gasteiger charge is 2.18. The molecule has 4 rings (SSSR count). The van der Waals surface area contributed by atoms with E-state index in [1.54, 1.807) is 6.07 Å². The first-order chi connectivity index (χ1) is 13.3. The summed E-state index contributed by atoms with van der Waals surface area (Å²) in [4.78, 5) is 4.71. The molecule has 0 aliphatic carbocycles. The molecule has 0 unspecified atom stereocenters. The maximum absolute atomic E-state index is 13.9. The molecule has 2 heterocycles. The monoisotopic (exact) mass is 365 g/mol. The molecular formula is C22H24FN3O. The number of hydrogen-bond donors (Lipinski definition) is 0. The molecule has 0 radical (unpaired) electrons. The molecule has 1 aliphatic rings. The van der Waals surface area contributed by atoms with Gasteiger partial charge in [0.2, 0.25) is 0 Å². The first-order valence-electron chi connectivity index (χ1n) is 9.47. The maximum Gasteiger partial charge on any atom is 0.151 e. The minimum absolute atomic E-state index is 0.117. The van der Waals surface area contributed by atoms with Gasteiger partial charge in [0.05, 0.1) is 6.54 Å². The van der Waals surface area contributed by atoms with Gasteiger partial charge >= 0.3 is 0 Å². The highest BCUT2D eigenvalue weighted by atomic mass is 19.1. The van der Waals surface area contributed by atoms with Crippen LogP contribution in [0.25, 0.3) is 11.3 Å². The third-order valence-electron chi connectivity index (χ3n) is 5.04. The normalized spacial score (nSPS) is 16.3. The van der Waals surface area contributed by atoms with Crippen LogP contribution < -0.4 is 0 Å². The van der Waals surface area contributed by atoms with Crippen molar-refractivity contribution < 1.29 is 8.91 Å². The van der Waals surface area contributed by atoms with Crippen molar-refractivity contribution in [1.82, 2.24) is 15.0 Å². The van der Waals surface area contributed by atoms with Crippen LogP contribution in [0.4, 0.5) is 4.39 Å². The summed E-state index contributed by atoms with van der Waals surface area (Å²) in [7, 11) is 0. The number of aromatic nitrogens is 1. The zero-order valence-electron chi connectivity index (χ0n) is 15.4. The Morgan fingerprint density at radius 2 is 1.56 bits per heavy atom. The van der Waals surface area contributed by atoms with Crippen molar-refractivity contribution in [3.8, 4) is 11.3 Å². The summed E-state index contributed by atoms with van der Waals surface area (Å²) in [6.45, 7) is 5.28. The number of rotatable bonds is 5. The Morgan fingerprint density at radius 1 is 0.852 bits per heavy atom. The fourth-order valence-electron chi connectivity index (χ4n) is 3.56. The van der Waals surface area contributed by atoms with E-state index in [9.17, 15) is 4.39 Å². The Balaban J connectivity index is 1.34. The first kappa shape index (κ1) is 17.9. The van der Waals surface area contributed by atoms with Crippen LogP contribution in [0.3, 0.4) is 0 Å². The lowest BCUT2D eigenvalue weighted by Gasteiger charge is -2.21. The van der Waals surface area contributed by atoms with Gasteiger partial charge < -0.3 is 4.52 Å². The molecule has 0 bridgehead atoms. The average Bonchev–Trinajstić information content (AvgIpc) is 3.05. The standard InChI is InChI=1S/C22H24FN3O/c23-21-10-5-4-9-19(21)16-25-11-6-12-26(14-13-25)17-20-15-22(24-27-20)18-7-2-1-3-8-18/h1-5,7-10,15H,6,11-14,16-17H2. The second kappa shape index (κ2) is 8.46. The summed E-state index contributed by atoms with van der Waals surface area (Å²) < 4.78 is 19.4. The molecule has 0 N–H and O–H groups in total. The predicted molar refractivity (Wildman–Crippen MR) is 104 cm³/mol. The van der Waals surface area contributed by atoms with Crippen molar-refractivity contribution >= 4 is 0 Å². The van der Waals surface area contributed by atoms with Gasteiger partial charge in [-0.2, -0.15) is 0 Å². The number of benzene rings is 2. The molecule has 1 saturated heterocycles. The van der Waals surface area contributed by atoms with Gasteiger partial charge in [-0.25, -0.2) is 4.39 Å². The molecule has 140 valence electrons. The minimum Gasteiger partial charge on any atom is -0.359 e. The molecule has 5 heteroatoms. The van der Waals surface area contributed by atoms with Crippen molar-refractivity contribution in [2.75, 3.05) is 26.2 Å². The zero-order valence-corrected chi connectivity index (χ0v) is 15.4. The average molecular weight is 365 g/mol. The second-order valence-electron chi connectivity index (χ2n) is 7.04. The molecule has 2 aromatic carbocycles. The number of nitrogens with zero attached hydrogens (tertiary/aromatic N) is 3. The molecule has 0 atom stereocenters. The summed E-state index contributed by atoms with van der Waals surface area (Å²) in [5.41, 5.74) is 2.72. The molecular weight excluding hydrogens is 341 g/mol. The third kappa shape index (κ3) is 4.62. The van der Waals surface area contributed by atoms with E-state index in [4.69, 9.17) is 4.52 Å². The van der Waals surface area contributed by atoms with Crippen LogP contribution in [0, 0.1) is 5.82 Å². The van der Waals surface area contributed by atoms with Gasteiger partial charge in [-0.1, -0.05) is 53.7 Å². The zero-order chi connectivity index (χ0) is 18.5. The smallest absolute Gasteiger partial charge is 0.151 e. The summed E-state index contributed by atoms with van der Waals surface area (Å²) in [6.07, 6.45) is 1.06. The summed E-state index contributed by atoms with van der Waals surface area (Å²) in [5, 5.41) is 4.20. The predicted octanol–water partition coefficient (Wildman–Crippen LogP) is 4.19. The fourth-order valence-corrected chi connectivity index (χ4v) is 3.56. The van der Waals surface area contributed by atoms with Gasteiger partial charge in [-0.15, -0.1) is 0 Å². The van der Waals surface area contributed by atoms with Crippen molar-refractivity contribution in [2.24, 2.45) is 0 Å². The van der Waals surface area contributed by atoms with Gasteiger partial charge in [0, 0.05) is 36.8 Å². The fraction of sp³-hybridized carbons (Fsp3) is 0.318. The highest BCUT2D eigenvalue weighted by Crippen LogP contribution is 2.20. The van der Waals surface area contributed by atoms with E-state index >= 15 is 0 Å². The van der Waals surface area contributed by atoms with Crippen molar-refractivity contribution in [3.63, 3.8) is 0 Å². The van der Waals surface area contributed by atoms with E-state index < -0.39 is 0 Å². The van der Waals surface area contributed by atoms with Crippen LogP contribution >= 0.6 is 0 Å². The van der Waals surface area contributed by atoms with Crippen LogP contribution in [0.15, 0.2) is 65.2 Å². The Morgan fingerprint density at radius 3 is 2.33 bits per heavy atom. The summed E-state index contributed by atoms with van der Waals surface area (Å²) in [6, 6.07) is 19.1. The number of halogens is 1. The second-order valence-corrected chi connectivity index (χ2v) is 7.04. The maximum atomic E-state index is 13.9. The molecule has 27 heavy (non-hydrogen) atoms. The van der Waals surface area contributed by atoms with E-state index in [1.165, 1.54) is 6.07 Å². The van der Waals surface area contributed by atoms with Gasteiger partial charge in [-0.3, -0.25) is 9.80 Å². The molecule has 0 amide bonds. The van der Waals surface area contributed by atoms with Gasteiger partial charge in [0.15, 0.2) is 5.76 Å². The lowest BCUT2D eigenvalue weighted by atomic mass is 10.1. The van der Waals surface area contributed by atoms with Gasteiger partial charge in [0.1, 0.15) is 11.5 Å². The molecule has 1 aromatic heterocycles. The van der Waals surface area contributed by atoms with Crippen LogP contribution in [-0.4, -0.2) is 41.1 Å². The van der Waals surface area contributed by atoms with Gasteiger partial charge in [0.25, 0.3) is 0 Å². The Labute approximate surface area is 159 Å². The summed E-state index contributed by atoms with van der Waals surface area (Å²) >= 11 is 0. The van der Waals surface area contributed by atoms with E-state index in [0.29, 0.717) is 6.54 Å². The van der Waals surface area contributed by atoms with E-state index in [1.807, 2.05) is 48.5 Å². The summed E-state index contributed by atoms with van der Waals surface area (Å²) in [5.74, 6) is 0.769. The van der Waals surface area contributed by atoms with Crippen molar-refractivity contribution in [2.45, 2.75) is 19.5 Å². The Hall–Kier alpha value is -2.50. The lowest BCUT2D eigenvalue weighted by molar-refractivity contribution is 0.225. The molecule has 0 spiro atoms. The van der Waals surface area contributed by atoms with Crippen molar-refractivity contribution in [1.29, 1.82) is 0 Å².